The minimum Gasteiger partial charge on any atom is -0.356 e. The van der Waals surface area contributed by atoms with Crippen LogP contribution in [0.15, 0.2) is 65.7 Å². The van der Waals surface area contributed by atoms with Crippen LogP contribution < -0.4 is 16.0 Å². The van der Waals surface area contributed by atoms with Gasteiger partial charge in [-0.25, -0.2) is 0 Å². The number of carbonyl (C=O) groups excluding carboxylic acids is 1. The quantitative estimate of drug-likeness (QED) is 0.299. The summed E-state index contributed by atoms with van der Waals surface area (Å²) in [6.45, 7) is 5.17. The minimum atomic E-state index is 0. The molecular formula is C22H31IN4O. The van der Waals surface area contributed by atoms with Crippen LogP contribution in [0, 0.1) is 0 Å². The van der Waals surface area contributed by atoms with Crippen molar-refractivity contribution in [3.63, 3.8) is 0 Å². The van der Waals surface area contributed by atoms with E-state index >= 15 is 0 Å². The van der Waals surface area contributed by atoms with Gasteiger partial charge in [0.15, 0.2) is 5.96 Å². The smallest absolute Gasteiger partial charge is 0.221 e. The van der Waals surface area contributed by atoms with Crippen molar-refractivity contribution in [1.82, 2.24) is 16.0 Å². The topological polar surface area (TPSA) is 65.5 Å². The minimum absolute atomic E-state index is 0. The summed E-state index contributed by atoms with van der Waals surface area (Å²) in [5, 5.41) is 9.49. The molecule has 0 bridgehead atoms. The second-order valence-electron chi connectivity index (χ2n) is 6.73. The molecule has 0 heterocycles. The first-order valence-corrected chi connectivity index (χ1v) is 9.44. The van der Waals surface area contributed by atoms with E-state index in [0.717, 1.165) is 0 Å². The average molecular weight is 494 g/mol. The van der Waals surface area contributed by atoms with E-state index < -0.39 is 0 Å². The van der Waals surface area contributed by atoms with Crippen molar-refractivity contribution in [3.05, 3.63) is 71.8 Å². The van der Waals surface area contributed by atoms with Crippen LogP contribution >= 0.6 is 24.0 Å². The molecule has 0 aromatic heterocycles. The van der Waals surface area contributed by atoms with Crippen LogP contribution in [0.2, 0.25) is 0 Å². The number of benzene rings is 2. The first-order chi connectivity index (χ1) is 13.1. The van der Waals surface area contributed by atoms with Crippen LogP contribution in [0.4, 0.5) is 0 Å². The van der Waals surface area contributed by atoms with E-state index in [1.54, 1.807) is 7.05 Å². The second-order valence-corrected chi connectivity index (χ2v) is 6.73. The van der Waals surface area contributed by atoms with Gasteiger partial charge < -0.3 is 16.0 Å². The van der Waals surface area contributed by atoms with Crippen molar-refractivity contribution in [2.45, 2.75) is 32.2 Å². The van der Waals surface area contributed by atoms with E-state index in [-0.39, 0.29) is 41.8 Å². The molecule has 0 radical (unpaired) electrons. The number of aliphatic imine (C=N–C) groups is 1. The van der Waals surface area contributed by atoms with Gasteiger partial charge in [-0.1, -0.05) is 60.7 Å². The Balaban J connectivity index is 0.00000392. The number of nitrogens with one attached hydrogen (secondary N) is 3. The lowest BCUT2D eigenvalue weighted by Gasteiger charge is -2.20. The third kappa shape index (κ3) is 8.29. The number of nitrogens with zero attached hydrogens (tertiary/aromatic N) is 1. The van der Waals surface area contributed by atoms with Crippen molar-refractivity contribution in [2.24, 2.45) is 4.99 Å². The number of halogens is 1. The zero-order chi connectivity index (χ0) is 19.5. The summed E-state index contributed by atoms with van der Waals surface area (Å²) >= 11 is 0. The summed E-state index contributed by atoms with van der Waals surface area (Å²) in [5.41, 5.74) is 2.51. The van der Waals surface area contributed by atoms with Gasteiger partial charge in [0.05, 0.1) is 0 Å². The first kappa shape index (κ1) is 23.9. The molecule has 1 amide bonds. The van der Waals surface area contributed by atoms with Crippen LogP contribution in [0.3, 0.4) is 0 Å². The maximum absolute atomic E-state index is 11.7. The van der Waals surface area contributed by atoms with Crippen molar-refractivity contribution >= 4 is 35.8 Å². The Morgan fingerprint density at radius 3 is 1.93 bits per heavy atom. The highest BCUT2D eigenvalue weighted by Crippen LogP contribution is 2.23. The molecule has 0 fully saturated rings. The monoisotopic (exact) mass is 494 g/mol. The summed E-state index contributed by atoms with van der Waals surface area (Å²) in [6.07, 6.45) is 0.416. The van der Waals surface area contributed by atoms with Crippen LogP contribution in [-0.4, -0.2) is 38.0 Å². The van der Waals surface area contributed by atoms with Gasteiger partial charge in [0.2, 0.25) is 5.91 Å². The predicted molar refractivity (Wildman–Crippen MR) is 127 cm³/mol. The molecule has 0 unspecified atom stereocenters. The van der Waals surface area contributed by atoms with Gasteiger partial charge in [-0.05, 0) is 25.0 Å². The lowest BCUT2D eigenvalue weighted by atomic mass is 9.91. The zero-order valence-corrected chi connectivity index (χ0v) is 19.1. The number of carbonyl (C=O) groups is 1. The van der Waals surface area contributed by atoms with Gasteiger partial charge in [-0.3, -0.25) is 9.79 Å². The first-order valence-electron chi connectivity index (χ1n) is 9.44. The lowest BCUT2D eigenvalue weighted by molar-refractivity contribution is -0.121. The van der Waals surface area contributed by atoms with E-state index in [1.165, 1.54) is 11.1 Å². The van der Waals surface area contributed by atoms with E-state index in [2.05, 4.69) is 69.5 Å². The van der Waals surface area contributed by atoms with Crippen LogP contribution in [0.25, 0.3) is 0 Å². The fourth-order valence-corrected chi connectivity index (χ4v) is 2.91. The van der Waals surface area contributed by atoms with Crippen molar-refractivity contribution < 1.29 is 4.79 Å². The van der Waals surface area contributed by atoms with E-state index in [1.807, 2.05) is 26.0 Å². The standard InChI is InChI=1S/C22H30N4O.HI/c1-17(2)26-21(27)14-15-24-22(23-3)25-16-20(18-10-6-4-7-11-18)19-12-8-5-9-13-19;/h4-13,17,20H,14-16H2,1-3H3,(H,26,27)(H2,23,24,25);1H. The number of hydrogen-bond acceptors (Lipinski definition) is 2. The van der Waals surface area contributed by atoms with Gasteiger partial charge >= 0.3 is 0 Å². The SMILES string of the molecule is CN=C(NCCC(=O)NC(C)C)NCC(c1ccccc1)c1ccccc1.I. The molecular weight excluding hydrogens is 463 g/mol. The zero-order valence-electron chi connectivity index (χ0n) is 16.8. The fourth-order valence-electron chi connectivity index (χ4n) is 2.91. The van der Waals surface area contributed by atoms with Gasteiger partial charge in [-0.2, -0.15) is 0 Å². The highest BCUT2D eigenvalue weighted by Gasteiger charge is 2.14. The maximum Gasteiger partial charge on any atom is 0.221 e. The lowest BCUT2D eigenvalue weighted by Crippen LogP contribution is -2.41. The molecule has 2 aromatic carbocycles. The summed E-state index contributed by atoms with van der Waals surface area (Å²) in [5.74, 6) is 0.957. The van der Waals surface area contributed by atoms with Gasteiger partial charge in [0, 0.05) is 38.5 Å². The molecule has 28 heavy (non-hydrogen) atoms. The summed E-state index contributed by atoms with van der Waals surface area (Å²) in [7, 11) is 1.74. The fraction of sp³-hybridized carbons (Fsp3) is 0.364. The predicted octanol–water partition coefficient (Wildman–Crippen LogP) is 3.52. The van der Waals surface area contributed by atoms with E-state index in [4.69, 9.17) is 0 Å². The van der Waals surface area contributed by atoms with Gasteiger partial charge in [0.1, 0.15) is 0 Å². The molecule has 2 aromatic rings. The average Bonchev–Trinajstić information content (AvgIpc) is 2.68. The molecule has 0 aliphatic carbocycles. The third-order valence-corrected chi connectivity index (χ3v) is 4.20. The van der Waals surface area contributed by atoms with Crippen LogP contribution in [0.1, 0.15) is 37.3 Å². The molecule has 0 aliphatic rings. The number of hydrogen-bond donors (Lipinski definition) is 3. The molecule has 2 rings (SSSR count). The molecule has 0 saturated heterocycles. The Kier molecular flexibility index (Phi) is 11.2. The maximum atomic E-state index is 11.7. The highest BCUT2D eigenvalue weighted by atomic mass is 127. The van der Waals surface area contributed by atoms with Crippen LogP contribution in [-0.2, 0) is 4.79 Å². The number of amides is 1. The number of guanidine groups is 1. The Labute approximate surface area is 185 Å². The second kappa shape index (κ2) is 13.1. The summed E-state index contributed by atoms with van der Waals surface area (Å²) < 4.78 is 0. The Morgan fingerprint density at radius 1 is 0.929 bits per heavy atom. The normalized spacial score (nSPS) is 11.1. The Bertz CT molecular complexity index is 680. The van der Waals surface area contributed by atoms with Crippen LogP contribution in [0.5, 0.6) is 0 Å². The molecule has 152 valence electrons. The summed E-state index contributed by atoms with van der Waals surface area (Å²) in [4.78, 5) is 16.0. The molecule has 6 heteroatoms. The van der Waals surface area contributed by atoms with E-state index in [9.17, 15) is 4.79 Å². The largest absolute Gasteiger partial charge is 0.356 e. The number of rotatable bonds is 8. The third-order valence-electron chi connectivity index (χ3n) is 4.20. The molecule has 0 atom stereocenters. The van der Waals surface area contributed by atoms with Crippen molar-refractivity contribution in [1.29, 1.82) is 0 Å². The van der Waals surface area contributed by atoms with Gasteiger partial charge in [-0.15, -0.1) is 24.0 Å². The van der Waals surface area contributed by atoms with E-state index in [0.29, 0.717) is 25.5 Å². The molecule has 5 nitrogen and oxygen atoms in total. The van der Waals surface area contributed by atoms with Crippen molar-refractivity contribution in [2.75, 3.05) is 20.1 Å². The Morgan fingerprint density at radius 2 is 1.46 bits per heavy atom. The van der Waals surface area contributed by atoms with Crippen molar-refractivity contribution in [3.8, 4) is 0 Å². The summed E-state index contributed by atoms with van der Waals surface area (Å²) in [6, 6.07) is 21.0. The molecule has 0 saturated carbocycles. The highest BCUT2D eigenvalue weighted by molar-refractivity contribution is 14.0. The van der Waals surface area contributed by atoms with Gasteiger partial charge in [0.25, 0.3) is 0 Å². The molecule has 0 aliphatic heterocycles. The molecule has 0 spiro atoms. The Hall–Kier alpha value is -2.09. The molecule has 3 N–H and O–H groups in total.